The topological polar surface area (TPSA) is 83.6 Å². The molecule has 0 atom stereocenters. The zero-order valence-corrected chi connectivity index (χ0v) is 16.9. The maximum Gasteiger partial charge on any atom is 0.410 e. The Bertz CT molecular complexity index is 575. The molecule has 0 unspecified atom stereocenters. The Labute approximate surface area is 157 Å². The van der Waals surface area contributed by atoms with E-state index in [0.29, 0.717) is 25.3 Å². The summed E-state index contributed by atoms with van der Waals surface area (Å²) in [5.74, 6) is 0.433. The lowest BCUT2D eigenvalue weighted by Crippen LogP contribution is -2.35. The molecular formula is C17H27BrN4O3. The number of aromatic nitrogens is 1. The van der Waals surface area contributed by atoms with E-state index in [2.05, 4.69) is 31.5 Å². The fourth-order valence-electron chi connectivity index (χ4n) is 1.88. The minimum absolute atomic E-state index is 0.0935. The van der Waals surface area contributed by atoms with Gasteiger partial charge in [-0.2, -0.15) is 0 Å². The summed E-state index contributed by atoms with van der Waals surface area (Å²) in [4.78, 5) is 29.2. The minimum Gasteiger partial charge on any atom is -0.444 e. The molecule has 140 valence electrons. The number of nitrogens with one attached hydrogen (secondary N) is 2. The Morgan fingerprint density at radius 1 is 1.32 bits per heavy atom. The van der Waals surface area contributed by atoms with E-state index in [1.54, 1.807) is 30.3 Å². The fraction of sp³-hybridized carbons (Fsp3) is 0.588. The van der Waals surface area contributed by atoms with Gasteiger partial charge in [-0.05, 0) is 45.9 Å². The SMILES string of the molecule is CN(CCCNCCC(=O)Nc1cc(Br)ccn1)C(=O)OC(C)(C)C. The third-order valence-corrected chi connectivity index (χ3v) is 3.56. The predicted octanol–water partition coefficient (Wildman–Crippen LogP) is 3.02. The van der Waals surface area contributed by atoms with Gasteiger partial charge >= 0.3 is 6.09 Å². The normalized spacial score (nSPS) is 11.1. The molecule has 0 aliphatic rings. The first kappa shape index (κ1) is 21.4. The van der Waals surface area contributed by atoms with Crippen molar-refractivity contribution in [2.75, 3.05) is 32.0 Å². The molecular weight excluding hydrogens is 388 g/mol. The van der Waals surface area contributed by atoms with E-state index in [1.165, 1.54) is 0 Å². The first-order chi connectivity index (χ1) is 11.7. The molecule has 7 nitrogen and oxygen atoms in total. The molecule has 0 spiro atoms. The van der Waals surface area contributed by atoms with Gasteiger partial charge in [-0.25, -0.2) is 9.78 Å². The van der Waals surface area contributed by atoms with E-state index in [-0.39, 0.29) is 12.0 Å². The molecule has 0 aliphatic carbocycles. The van der Waals surface area contributed by atoms with Gasteiger partial charge in [0.1, 0.15) is 11.4 Å². The molecule has 1 aromatic heterocycles. The quantitative estimate of drug-likeness (QED) is 0.638. The van der Waals surface area contributed by atoms with Gasteiger partial charge in [0.15, 0.2) is 0 Å². The number of halogens is 1. The summed E-state index contributed by atoms with van der Waals surface area (Å²) in [5.41, 5.74) is -0.486. The number of pyridine rings is 1. The Kier molecular flexibility index (Phi) is 8.85. The van der Waals surface area contributed by atoms with Gasteiger partial charge in [0, 0.05) is 37.2 Å². The van der Waals surface area contributed by atoms with Gasteiger partial charge < -0.3 is 20.3 Å². The summed E-state index contributed by atoms with van der Waals surface area (Å²) < 4.78 is 6.14. The van der Waals surface area contributed by atoms with E-state index in [0.717, 1.165) is 17.4 Å². The van der Waals surface area contributed by atoms with Crippen LogP contribution in [0, 0.1) is 0 Å². The van der Waals surface area contributed by atoms with Crippen molar-refractivity contribution in [1.29, 1.82) is 0 Å². The standard InChI is InChI=1S/C17H27BrN4O3/c1-17(2,3)25-16(24)22(4)11-5-8-19-9-7-15(23)21-14-12-13(18)6-10-20-14/h6,10,12,19H,5,7-9,11H2,1-4H3,(H,20,21,23). The highest BCUT2D eigenvalue weighted by Gasteiger charge is 2.18. The van der Waals surface area contributed by atoms with Crippen molar-refractivity contribution in [3.8, 4) is 0 Å². The van der Waals surface area contributed by atoms with E-state index < -0.39 is 5.60 Å². The van der Waals surface area contributed by atoms with Crippen molar-refractivity contribution in [2.24, 2.45) is 0 Å². The number of hydrogen-bond donors (Lipinski definition) is 2. The van der Waals surface area contributed by atoms with E-state index >= 15 is 0 Å². The highest BCUT2D eigenvalue weighted by atomic mass is 79.9. The first-order valence-corrected chi connectivity index (χ1v) is 9.03. The van der Waals surface area contributed by atoms with Crippen LogP contribution in [0.3, 0.4) is 0 Å². The van der Waals surface area contributed by atoms with Crippen molar-refractivity contribution in [2.45, 2.75) is 39.2 Å². The minimum atomic E-state index is -0.486. The van der Waals surface area contributed by atoms with Gasteiger partial charge in [0.2, 0.25) is 5.91 Å². The molecule has 2 amide bonds. The zero-order chi connectivity index (χ0) is 18.9. The van der Waals surface area contributed by atoms with Crippen LogP contribution in [0.4, 0.5) is 10.6 Å². The van der Waals surface area contributed by atoms with Crippen LogP contribution >= 0.6 is 15.9 Å². The molecule has 25 heavy (non-hydrogen) atoms. The average Bonchev–Trinajstić information content (AvgIpc) is 2.48. The van der Waals surface area contributed by atoms with Crippen molar-refractivity contribution in [1.82, 2.24) is 15.2 Å². The molecule has 0 saturated heterocycles. The van der Waals surface area contributed by atoms with Crippen molar-refractivity contribution >= 4 is 33.7 Å². The maximum absolute atomic E-state index is 11.8. The lowest BCUT2D eigenvalue weighted by atomic mass is 10.2. The molecule has 2 N–H and O–H groups in total. The van der Waals surface area contributed by atoms with Crippen LogP contribution in [0.1, 0.15) is 33.6 Å². The van der Waals surface area contributed by atoms with Crippen molar-refractivity contribution < 1.29 is 14.3 Å². The molecule has 0 aromatic carbocycles. The molecule has 0 bridgehead atoms. The number of anilines is 1. The molecule has 0 fully saturated rings. The van der Waals surface area contributed by atoms with Gasteiger partial charge in [0.25, 0.3) is 0 Å². The number of nitrogens with zero attached hydrogens (tertiary/aromatic N) is 2. The second kappa shape index (κ2) is 10.4. The molecule has 1 heterocycles. The van der Waals surface area contributed by atoms with E-state index in [4.69, 9.17) is 4.74 Å². The number of hydrogen-bond acceptors (Lipinski definition) is 5. The third-order valence-electron chi connectivity index (χ3n) is 3.07. The van der Waals surface area contributed by atoms with Crippen LogP contribution in [0.15, 0.2) is 22.8 Å². The summed E-state index contributed by atoms with van der Waals surface area (Å²) in [5, 5.41) is 5.93. The van der Waals surface area contributed by atoms with Gasteiger partial charge in [-0.15, -0.1) is 0 Å². The smallest absolute Gasteiger partial charge is 0.410 e. The first-order valence-electron chi connectivity index (χ1n) is 8.23. The van der Waals surface area contributed by atoms with Crippen LogP contribution in [-0.2, 0) is 9.53 Å². The Balaban J connectivity index is 2.11. The number of rotatable bonds is 8. The lowest BCUT2D eigenvalue weighted by molar-refractivity contribution is -0.116. The third kappa shape index (κ3) is 10.0. The molecule has 8 heteroatoms. The van der Waals surface area contributed by atoms with Crippen LogP contribution in [0.5, 0.6) is 0 Å². The summed E-state index contributed by atoms with van der Waals surface area (Å²) in [6.07, 6.45) is 2.44. The van der Waals surface area contributed by atoms with Gasteiger partial charge in [-0.1, -0.05) is 15.9 Å². The lowest BCUT2D eigenvalue weighted by Gasteiger charge is -2.24. The molecule has 0 radical (unpaired) electrons. The number of amides is 2. The Hall–Kier alpha value is -1.67. The second-order valence-corrected chi connectivity index (χ2v) is 7.58. The molecule has 1 aromatic rings. The number of ether oxygens (including phenoxy) is 1. The summed E-state index contributed by atoms with van der Waals surface area (Å²) in [6, 6.07) is 3.54. The average molecular weight is 415 g/mol. The van der Waals surface area contributed by atoms with Gasteiger partial charge in [0.05, 0.1) is 0 Å². The second-order valence-electron chi connectivity index (χ2n) is 6.66. The molecule has 0 saturated carbocycles. The largest absolute Gasteiger partial charge is 0.444 e. The maximum atomic E-state index is 11.8. The van der Waals surface area contributed by atoms with E-state index in [1.807, 2.05) is 20.8 Å². The zero-order valence-electron chi connectivity index (χ0n) is 15.3. The Morgan fingerprint density at radius 3 is 2.68 bits per heavy atom. The summed E-state index contributed by atoms with van der Waals surface area (Å²) >= 11 is 3.33. The fourth-order valence-corrected chi connectivity index (χ4v) is 2.21. The Morgan fingerprint density at radius 2 is 2.04 bits per heavy atom. The highest BCUT2D eigenvalue weighted by Crippen LogP contribution is 2.12. The monoisotopic (exact) mass is 414 g/mol. The molecule has 1 rings (SSSR count). The predicted molar refractivity (Wildman–Crippen MR) is 102 cm³/mol. The van der Waals surface area contributed by atoms with E-state index in [9.17, 15) is 9.59 Å². The number of carbonyl (C=O) groups is 2. The van der Waals surface area contributed by atoms with Crippen molar-refractivity contribution in [3.63, 3.8) is 0 Å². The van der Waals surface area contributed by atoms with Crippen LogP contribution < -0.4 is 10.6 Å². The summed E-state index contributed by atoms with van der Waals surface area (Å²) in [6.45, 7) is 7.40. The van der Waals surface area contributed by atoms with Crippen molar-refractivity contribution in [3.05, 3.63) is 22.8 Å². The van der Waals surface area contributed by atoms with Crippen LogP contribution in [0.25, 0.3) is 0 Å². The van der Waals surface area contributed by atoms with Crippen LogP contribution in [-0.4, -0.2) is 54.2 Å². The highest BCUT2D eigenvalue weighted by molar-refractivity contribution is 9.10. The van der Waals surface area contributed by atoms with Crippen LogP contribution in [0.2, 0.25) is 0 Å². The molecule has 0 aliphatic heterocycles. The summed E-state index contributed by atoms with van der Waals surface area (Å²) in [7, 11) is 1.71. The number of carbonyl (C=O) groups excluding carboxylic acids is 2. The van der Waals surface area contributed by atoms with Gasteiger partial charge in [-0.3, -0.25) is 4.79 Å².